The molecule has 1 atom stereocenters. The molecule has 1 aliphatic carbocycles. The normalized spacial score (nSPS) is 27.1. The molecule has 0 aromatic heterocycles. The van der Waals surface area contributed by atoms with Gasteiger partial charge in [0.2, 0.25) is 0 Å². The lowest BCUT2D eigenvalue weighted by molar-refractivity contribution is -0.148. The fourth-order valence-corrected chi connectivity index (χ4v) is 2.60. The Morgan fingerprint density at radius 2 is 2.00 bits per heavy atom. The van der Waals surface area contributed by atoms with E-state index in [1.54, 1.807) is 4.90 Å². The second-order valence-electron chi connectivity index (χ2n) is 5.21. The Balaban J connectivity index is 1.98. The Morgan fingerprint density at radius 3 is 2.47 bits per heavy atom. The van der Waals surface area contributed by atoms with Crippen LogP contribution >= 0.6 is 0 Å². The summed E-state index contributed by atoms with van der Waals surface area (Å²) in [5.74, 6) is -0.901. The summed E-state index contributed by atoms with van der Waals surface area (Å²) in [6.07, 6.45) is 5.15. The maximum atomic E-state index is 12.1. The van der Waals surface area contributed by atoms with Gasteiger partial charge in [0.1, 0.15) is 5.54 Å². The molecule has 1 heterocycles. The number of hydrogen-bond donors (Lipinski definition) is 2. The second-order valence-corrected chi connectivity index (χ2v) is 5.21. The standard InChI is InChI=1S/C12H20N2O3/c1-9-5-2-3-8-14(9)11(17)13-12(10(15)16)6-4-7-12/h9H,2-8H2,1H3,(H,13,17)(H,15,16). The van der Waals surface area contributed by atoms with Crippen LogP contribution < -0.4 is 5.32 Å². The highest BCUT2D eigenvalue weighted by atomic mass is 16.4. The van der Waals surface area contributed by atoms with Crippen molar-refractivity contribution in [3.63, 3.8) is 0 Å². The van der Waals surface area contributed by atoms with Gasteiger partial charge in [-0.25, -0.2) is 9.59 Å². The van der Waals surface area contributed by atoms with Crippen LogP contribution in [0.4, 0.5) is 4.79 Å². The second kappa shape index (κ2) is 4.55. The molecule has 1 aliphatic heterocycles. The predicted octanol–water partition coefficient (Wildman–Crippen LogP) is 1.58. The minimum atomic E-state index is -0.992. The van der Waals surface area contributed by atoms with E-state index in [-0.39, 0.29) is 12.1 Å². The van der Waals surface area contributed by atoms with E-state index in [1.165, 1.54) is 0 Å². The quantitative estimate of drug-likeness (QED) is 0.770. The number of nitrogens with one attached hydrogen (secondary N) is 1. The van der Waals surface area contributed by atoms with E-state index < -0.39 is 11.5 Å². The molecule has 2 N–H and O–H groups in total. The van der Waals surface area contributed by atoms with E-state index in [0.717, 1.165) is 32.2 Å². The van der Waals surface area contributed by atoms with Gasteiger partial charge in [-0.2, -0.15) is 0 Å². The lowest BCUT2D eigenvalue weighted by atomic mass is 9.77. The SMILES string of the molecule is CC1CCCCN1C(=O)NC1(C(=O)O)CCC1. The van der Waals surface area contributed by atoms with E-state index in [4.69, 9.17) is 5.11 Å². The molecule has 5 heteroatoms. The summed E-state index contributed by atoms with van der Waals surface area (Å²) >= 11 is 0. The third-order valence-corrected chi connectivity index (χ3v) is 4.03. The molecule has 2 amide bonds. The van der Waals surface area contributed by atoms with Crippen molar-refractivity contribution in [3.8, 4) is 0 Å². The van der Waals surface area contributed by atoms with Gasteiger partial charge in [-0.15, -0.1) is 0 Å². The van der Waals surface area contributed by atoms with E-state index in [0.29, 0.717) is 12.8 Å². The van der Waals surface area contributed by atoms with Crippen LogP contribution in [0.5, 0.6) is 0 Å². The number of aliphatic carboxylic acids is 1. The van der Waals surface area contributed by atoms with Crippen LogP contribution in [-0.2, 0) is 4.79 Å². The van der Waals surface area contributed by atoms with E-state index in [1.807, 2.05) is 6.92 Å². The molecule has 5 nitrogen and oxygen atoms in total. The monoisotopic (exact) mass is 240 g/mol. The molecule has 17 heavy (non-hydrogen) atoms. The Morgan fingerprint density at radius 1 is 1.29 bits per heavy atom. The molecule has 0 bridgehead atoms. The van der Waals surface area contributed by atoms with E-state index in [2.05, 4.69) is 5.32 Å². The van der Waals surface area contributed by atoms with Gasteiger partial charge >= 0.3 is 12.0 Å². The molecule has 96 valence electrons. The fourth-order valence-electron chi connectivity index (χ4n) is 2.60. The highest BCUT2D eigenvalue weighted by Crippen LogP contribution is 2.32. The zero-order valence-corrected chi connectivity index (χ0v) is 10.2. The molecule has 1 unspecified atom stereocenters. The average Bonchev–Trinajstić information content (AvgIpc) is 2.23. The first-order chi connectivity index (χ1) is 8.05. The number of urea groups is 1. The largest absolute Gasteiger partial charge is 0.480 e. The first kappa shape index (κ1) is 12.2. The fraction of sp³-hybridized carbons (Fsp3) is 0.833. The van der Waals surface area contributed by atoms with Crippen molar-refractivity contribution in [3.05, 3.63) is 0 Å². The zero-order chi connectivity index (χ0) is 12.5. The van der Waals surface area contributed by atoms with Gasteiger partial charge in [-0.05, 0) is 45.4 Å². The van der Waals surface area contributed by atoms with Gasteiger partial charge < -0.3 is 15.3 Å². The van der Waals surface area contributed by atoms with Crippen molar-refractivity contribution in [2.24, 2.45) is 0 Å². The number of carbonyl (C=O) groups excluding carboxylic acids is 1. The molecule has 0 spiro atoms. The van der Waals surface area contributed by atoms with Gasteiger partial charge in [-0.3, -0.25) is 0 Å². The van der Waals surface area contributed by atoms with Gasteiger partial charge in [-0.1, -0.05) is 0 Å². The van der Waals surface area contributed by atoms with Crippen molar-refractivity contribution in [1.29, 1.82) is 0 Å². The Hall–Kier alpha value is -1.26. The number of carboxylic acid groups (broad SMARTS) is 1. The smallest absolute Gasteiger partial charge is 0.329 e. The molecule has 1 saturated heterocycles. The van der Waals surface area contributed by atoms with Crippen molar-refractivity contribution >= 4 is 12.0 Å². The number of piperidine rings is 1. The highest BCUT2D eigenvalue weighted by molar-refractivity contribution is 5.87. The summed E-state index contributed by atoms with van der Waals surface area (Å²) in [5, 5.41) is 11.9. The summed E-state index contributed by atoms with van der Waals surface area (Å²) in [4.78, 5) is 25.0. The predicted molar refractivity (Wildman–Crippen MR) is 62.8 cm³/mol. The molecule has 2 rings (SSSR count). The van der Waals surface area contributed by atoms with Gasteiger partial charge in [0, 0.05) is 12.6 Å². The summed E-state index contributed by atoms with van der Waals surface area (Å²) in [7, 11) is 0. The molecule has 2 aliphatic rings. The number of hydrogen-bond acceptors (Lipinski definition) is 2. The molecule has 0 aromatic carbocycles. The highest BCUT2D eigenvalue weighted by Gasteiger charge is 2.46. The van der Waals surface area contributed by atoms with E-state index >= 15 is 0 Å². The number of likely N-dealkylation sites (tertiary alicyclic amines) is 1. The van der Waals surface area contributed by atoms with Gasteiger partial charge in [0.05, 0.1) is 0 Å². The van der Waals surface area contributed by atoms with Crippen molar-refractivity contribution < 1.29 is 14.7 Å². The molecule has 2 fully saturated rings. The Kier molecular flexibility index (Phi) is 3.26. The Labute approximate surface area is 101 Å². The van der Waals surface area contributed by atoms with Crippen LogP contribution in [-0.4, -0.2) is 40.1 Å². The summed E-state index contributed by atoms with van der Waals surface area (Å²) in [5.41, 5.74) is -0.992. The third kappa shape index (κ3) is 2.23. The van der Waals surface area contributed by atoms with Crippen LogP contribution in [0.25, 0.3) is 0 Å². The molecular weight excluding hydrogens is 220 g/mol. The van der Waals surface area contributed by atoms with Crippen molar-refractivity contribution in [2.75, 3.05) is 6.54 Å². The molecular formula is C12H20N2O3. The zero-order valence-electron chi connectivity index (χ0n) is 10.2. The van der Waals surface area contributed by atoms with Crippen LogP contribution in [0, 0.1) is 0 Å². The average molecular weight is 240 g/mol. The maximum absolute atomic E-state index is 12.1. The Bertz CT molecular complexity index is 326. The summed E-state index contributed by atoms with van der Waals surface area (Å²) in [6.45, 7) is 2.76. The lowest BCUT2D eigenvalue weighted by Gasteiger charge is -2.41. The van der Waals surface area contributed by atoms with Crippen molar-refractivity contribution in [2.45, 2.75) is 57.0 Å². The van der Waals surface area contributed by atoms with E-state index in [9.17, 15) is 9.59 Å². The first-order valence-corrected chi connectivity index (χ1v) is 6.37. The third-order valence-electron chi connectivity index (χ3n) is 4.03. The molecule has 0 aromatic rings. The van der Waals surface area contributed by atoms with Crippen molar-refractivity contribution in [1.82, 2.24) is 10.2 Å². The van der Waals surface area contributed by atoms with Crippen LogP contribution in [0.15, 0.2) is 0 Å². The number of rotatable bonds is 2. The summed E-state index contributed by atoms with van der Waals surface area (Å²) in [6, 6.07) is 0.00831. The van der Waals surface area contributed by atoms with Gasteiger partial charge in [0.25, 0.3) is 0 Å². The number of amides is 2. The number of carboxylic acids is 1. The van der Waals surface area contributed by atoms with Crippen LogP contribution in [0.1, 0.15) is 45.4 Å². The maximum Gasteiger partial charge on any atom is 0.329 e. The first-order valence-electron chi connectivity index (χ1n) is 6.37. The van der Waals surface area contributed by atoms with Crippen LogP contribution in [0.3, 0.4) is 0 Å². The minimum absolute atomic E-state index is 0.209. The molecule has 1 saturated carbocycles. The number of nitrogens with zero attached hydrogens (tertiary/aromatic N) is 1. The summed E-state index contributed by atoms with van der Waals surface area (Å²) < 4.78 is 0. The lowest BCUT2D eigenvalue weighted by Crippen LogP contribution is -2.62. The molecule has 0 radical (unpaired) electrons. The van der Waals surface area contributed by atoms with Gasteiger partial charge in [0.15, 0.2) is 0 Å². The van der Waals surface area contributed by atoms with Crippen LogP contribution in [0.2, 0.25) is 0 Å². The minimum Gasteiger partial charge on any atom is -0.480 e. The number of carbonyl (C=O) groups is 2. The topological polar surface area (TPSA) is 69.6 Å².